The first-order chi connectivity index (χ1) is 12.6. The first-order valence-electron chi connectivity index (χ1n) is 9.96. The number of benzene rings is 1. The lowest BCUT2D eigenvalue weighted by molar-refractivity contribution is -0.133. The Kier molecular flexibility index (Phi) is 4.94. The normalized spacial score (nSPS) is 22.2. The maximum absolute atomic E-state index is 12.7. The maximum atomic E-state index is 12.7. The summed E-state index contributed by atoms with van der Waals surface area (Å²) >= 11 is 0. The van der Waals surface area contributed by atoms with Gasteiger partial charge in [-0.25, -0.2) is 0 Å². The minimum atomic E-state index is 0.311. The maximum Gasteiger partial charge on any atom is 0.224 e. The Bertz CT molecular complexity index is 784. The van der Waals surface area contributed by atoms with Gasteiger partial charge in [-0.15, -0.1) is 0 Å². The molecular weight excluding hydrogens is 322 g/mol. The third-order valence-corrected chi connectivity index (χ3v) is 5.77. The van der Waals surface area contributed by atoms with Crippen LogP contribution in [0.5, 0.6) is 0 Å². The fourth-order valence-corrected chi connectivity index (χ4v) is 3.99. The lowest BCUT2D eigenvalue weighted by Crippen LogP contribution is -2.47. The second kappa shape index (κ2) is 7.36. The summed E-state index contributed by atoms with van der Waals surface area (Å²) in [7, 11) is 0. The number of fused-ring (bicyclic) bond motifs is 1. The van der Waals surface area contributed by atoms with E-state index in [2.05, 4.69) is 47.9 Å². The second-order valence-corrected chi connectivity index (χ2v) is 8.28. The number of para-hydroxylation sites is 1. The number of hydrogen-bond donors (Lipinski definition) is 0. The van der Waals surface area contributed by atoms with Gasteiger partial charge in [0.1, 0.15) is 0 Å². The first kappa shape index (κ1) is 17.5. The molecule has 4 nitrogen and oxygen atoms in total. The smallest absolute Gasteiger partial charge is 0.224 e. The van der Waals surface area contributed by atoms with Gasteiger partial charge in [-0.3, -0.25) is 14.7 Å². The zero-order chi connectivity index (χ0) is 18.1. The van der Waals surface area contributed by atoms with Crippen molar-refractivity contribution < 1.29 is 4.79 Å². The van der Waals surface area contributed by atoms with E-state index >= 15 is 0 Å². The van der Waals surface area contributed by atoms with Crippen molar-refractivity contribution in [1.82, 2.24) is 14.8 Å². The Labute approximate surface area is 156 Å². The molecule has 0 unspecified atom stereocenters. The van der Waals surface area contributed by atoms with Gasteiger partial charge in [0.05, 0.1) is 11.2 Å². The minimum absolute atomic E-state index is 0.311. The molecule has 1 saturated heterocycles. The van der Waals surface area contributed by atoms with E-state index in [-0.39, 0.29) is 0 Å². The number of nitrogens with zero attached hydrogens (tertiary/aromatic N) is 3. The summed E-state index contributed by atoms with van der Waals surface area (Å²) in [5.41, 5.74) is 2.14. The van der Waals surface area contributed by atoms with E-state index in [4.69, 9.17) is 4.98 Å². The highest BCUT2D eigenvalue weighted by atomic mass is 16.2. The van der Waals surface area contributed by atoms with Crippen molar-refractivity contribution in [2.45, 2.75) is 45.7 Å². The standard InChI is InChI=1S/C22H29N3O/c1-16(2)21-15-24(12-11-22(26)25(21)13-17-7-8-17)14-19-10-9-18-5-3-4-6-20(18)23-19/h3-6,9-10,16-17,21H,7-8,11-15H2,1-2H3/t21-/m0/s1. The number of rotatable bonds is 5. The highest BCUT2D eigenvalue weighted by molar-refractivity contribution is 5.78. The van der Waals surface area contributed by atoms with Crippen LogP contribution in [0.2, 0.25) is 0 Å². The zero-order valence-corrected chi connectivity index (χ0v) is 15.9. The summed E-state index contributed by atoms with van der Waals surface area (Å²) in [6.07, 6.45) is 3.21. The number of hydrogen-bond acceptors (Lipinski definition) is 3. The van der Waals surface area contributed by atoms with Crippen molar-refractivity contribution in [1.29, 1.82) is 0 Å². The van der Waals surface area contributed by atoms with Crippen molar-refractivity contribution in [2.24, 2.45) is 11.8 Å². The molecule has 1 aliphatic heterocycles. The summed E-state index contributed by atoms with van der Waals surface area (Å²) in [6, 6.07) is 12.8. The van der Waals surface area contributed by atoms with Crippen molar-refractivity contribution >= 4 is 16.8 Å². The van der Waals surface area contributed by atoms with Gasteiger partial charge in [0.2, 0.25) is 5.91 Å². The van der Waals surface area contributed by atoms with E-state index in [0.29, 0.717) is 24.3 Å². The molecule has 0 radical (unpaired) electrons. The van der Waals surface area contributed by atoms with Gasteiger partial charge in [0.25, 0.3) is 0 Å². The first-order valence-corrected chi connectivity index (χ1v) is 9.96. The summed E-state index contributed by atoms with van der Waals surface area (Å²) in [6.45, 7) is 8.05. The van der Waals surface area contributed by atoms with Crippen LogP contribution in [0.1, 0.15) is 38.8 Å². The van der Waals surface area contributed by atoms with Gasteiger partial charge < -0.3 is 4.90 Å². The van der Waals surface area contributed by atoms with Gasteiger partial charge in [0, 0.05) is 44.0 Å². The average molecular weight is 351 g/mol. The van der Waals surface area contributed by atoms with Crippen LogP contribution in [0.3, 0.4) is 0 Å². The number of amides is 1. The summed E-state index contributed by atoms with van der Waals surface area (Å²) < 4.78 is 0. The largest absolute Gasteiger partial charge is 0.338 e. The molecule has 1 saturated carbocycles. The van der Waals surface area contributed by atoms with Crippen molar-refractivity contribution in [3.8, 4) is 0 Å². The fraction of sp³-hybridized carbons (Fsp3) is 0.545. The van der Waals surface area contributed by atoms with Gasteiger partial charge in [-0.1, -0.05) is 38.1 Å². The molecule has 1 atom stereocenters. The fourth-order valence-electron chi connectivity index (χ4n) is 3.99. The molecule has 0 bridgehead atoms. The monoisotopic (exact) mass is 351 g/mol. The molecule has 0 spiro atoms. The summed E-state index contributed by atoms with van der Waals surface area (Å²) in [5.74, 6) is 1.56. The number of aromatic nitrogens is 1. The van der Waals surface area contributed by atoms with Crippen LogP contribution in [0, 0.1) is 11.8 Å². The second-order valence-electron chi connectivity index (χ2n) is 8.28. The van der Waals surface area contributed by atoms with Crippen LogP contribution in [-0.2, 0) is 11.3 Å². The molecule has 26 heavy (non-hydrogen) atoms. The SMILES string of the molecule is CC(C)[C@@H]1CN(Cc2ccc3ccccc3n2)CCC(=O)N1CC1CC1. The highest BCUT2D eigenvalue weighted by Crippen LogP contribution is 2.32. The molecule has 2 aromatic rings. The van der Waals surface area contributed by atoms with Crippen LogP contribution in [0.15, 0.2) is 36.4 Å². The quantitative estimate of drug-likeness (QED) is 0.824. The van der Waals surface area contributed by atoms with E-state index in [9.17, 15) is 4.79 Å². The van der Waals surface area contributed by atoms with E-state index < -0.39 is 0 Å². The minimum Gasteiger partial charge on any atom is -0.338 e. The van der Waals surface area contributed by atoms with Gasteiger partial charge in [-0.2, -0.15) is 0 Å². The highest BCUT2D eigenvalue weighted by Gasteiger charge is 2.35. The Morgan fingerprint density at radius 3 is 2.73 bits per heavy atom. The molecule has 4 rings (SSSR count). The Morgan fingerprint density at radius 1 is 1.15 bits per heavy atom. The van der Waals surface area contributed by atoms with Crippen molar-refractivity contribution in [3.05, 3.63) is 42.1 Å². The van der Waals surface area contributed by atoms with Crippen LogP contribution in [0.25, 0.3) is 10.9 Å². The topological polar surface area (TPSA) is 36.4 Å². The number of carbonyl (C=O) groups is 1. The van der Waals surface area contributed by atoms with E-state index in [1.165, 1.54) is 18.2 Å². The Morgan fingerprint density at radius 2 is 1.96 bits per heavy atom. The number of pyridine rings is 1. The Hall–Kier alpha value is -1.94. The third kappa shape index (κ3) is 3.90. The molecule has 1 aromatic heterocycles. The lowest BCUT2D eigenvalue weighted by Gasteiger charge is -2.34. The molecule has 2 fully saturated rings. The van der Waals surface area contributed by atoms with Crippen molar-refractivity contribution in [2.75, 3.05) is 19.6 Å². The van der Waals surface area contributed by atoms with Gasteiger partial charge >= 0.3 is 0 Å². The molecule has 2 aliphatic rings. The molecule has 1 aromatic carbocycles. The third-order valence-electron chi connectivity index (χ3n) is 5.77. The van der Waals surface area contributed by atoms with Crippen LogP contribution < -0.4 is 0 Å². The predicted molar refractivity (Wildman–Crippen MR) is 105 cm³/mol. The predicted octanol–water partition coefficient (Wildman–Crippen LogP) is 3.70. The summed E-state index contributed by atoms with van der Waals surface area (Å²) in [4.78, 5) is 22.2. The molecular formula is C22H29N3O. The van der Waals surface area contributed by atoms with E-state index in [1.54, 1.807) is 0 Å². The lowest BCUT2D eigenvalue weighted by atomic mass is 10.0. The van der Waals surface area contributed by atoms with Gasteiger partial charge in [0.15, 0.2) is 0 Å². The molecule has 138 valence electrons. The van der Waals surface area contributed by atoms with Crippen LogP contribution in [-0.4, -0.2) is 46.4 Å². The molecule has 1 amide bonds. The van der Waals surface area contributed by atoms with Crippen LogP contribution in [0.4, 0.5) is 0 Å². The average Bonchev–Trinajstić information content (AvgIpc) is 3.46. The van der Waals surface area contributed by atoms with E-state index in [1.807, 2.05) is 12.1 Å². The molecule has 0 N–H and O–H groups in total. The molecule has 4 heteroatoms. The van der Waals surface area contributed by atoms with E-state index in [0.717, 1.165) is 43.3 Å². The number of carbonyl (C=O) groups excluding carboxylic acids is 1. The Balaban J connectivity index is 1.51. The van der Waals surface area contributed by atoms with Crippen molar-refractivity contribution in [3.63, 3.8) is 0 Å². The van der Waals surface area contributed by atoms with Gasteiger partial charge in [-0.05, 0) is 36.8 Å². The van der Waals surface area contributed by atoms with Crippen LogP contribution >= 0.6 is 0 Å². The molecule has 2 heterocycles. The summed E-state index contributed by atoms with van der Waals surface area (Å²) in [5, 5.41) is 1.18. The zero-order valence-electron chi connectivity index (χ0n) is 15.9. The molecule has 1 aliphatic carbocycles.